The molecule has 5 nitrogen and oxygen atoms in total. The highest BCUT2D eigenvalue weighted by Crippen LogP contribution is 2.38. The van der Waals surface area contributed by atoms with Crippen molar-refractivity contribution in [1.82, 2.24) is 10.3 Å². The normalized spacial score (nSPS) is 13.3. The van der Waals surface area contributed by atoms with Crippen molar-refractivity contribution < 1.29 is 9.59 Å². The Balaban J connectivity index is 1.83. The molecule has 2 heterocycles. The number of thiophene rings is 1. The molecule has 2 amide bonds. The Bertz CT molecular complexity index is 725. The number of pyridine rings is 1. The SMILES string of the molecule is CC(=O)Nc1sc2c(c1C(=O)NCc1cccnc1)CCCC2. The summed E-state index contributed by atoms with van der Waals surface area (Å²) in [7, 11) is 0. The van der Waals surface area contributed by atoms with Gasteiger partial charge in [0.1, 0.15) is 5.00 Å². The summed E-state index contributed by atoms with van der Waals surface area (Å²) >= 11 is 1.54. The number of carbonyl (C=O) groups is 2. The number of fused-ring (bicyclic) bond motifs is 1. The third-order valence-corrected chi connectivity index (χ3v) is 5.07. The van der Waals surface area contributed by atoms with Crippen LogP contribution in [0.25, 0.3) is 0 Å². The van der Waals surface area contributed by atoms with Gasteiger partial charge in [0.2, 0.25) is 5.91 Å². The summed E-state index contributed by atoms with van der Waals surface area (Å²) in [4.78, 5) is 29.4. The van der Waals surface area contributed by atoms with E-state index in [0.29, 0.717) is 17.1 Å². The topological polar surface area (TPSA) is 71.1 Å². The van der Waals surface area contributed by atoms with Gasteiger partial charge in [-0.2, -0.15) is 0 Å². The van der Waals surface area contributed by atoms with Crippen LogP contribution in [-0.4, -0.2) is 16.8 Å². The molecule has 0 atom stereocenters. The zero-order valence-electron chi connectivity index (χ0n) is 13.0. The van der Waals surface area contributed by atoms with Crippen molar-refractivity contribution >= 4 is 28.2 Å². The number of nitrogens with zero attached hydrogens (tertiary/aromatic N) is 1. The Hall–Kier alpha value is -2.21. The quantitative estimate of drug-likeness (QED) is 0.906. The van der Waals surface area contributed by atoms with E-state index in [1.165, 1.54) is 23.1 Å². The van der Waals surface area contributed by atoms with Gasteiger partial charge in [0.25, 0.3) is 5.91 Å². The monoisotopic (exact) mass is 329 g/mol. The number of amides is 2. The summed E-state index contributed by atoms with van der Waals surface area (Å²) in [6.45, 7) is 1.90. The fraction of sp³-hybridized carbons (Fsp3) is 0.353. The standard InChI is InChI=1S/C17H19N3O2S/c1-11(21)20-17-15(13-6-2-3-7-14(13)23-17)16(22)19-10-12-5-4-8-18-9-12/h4-5,8-9H,2-3,6-7,10H2,1H3,(H,19,22)(H,20,21). The fourth-order valence-corrected chi connectivity index (χ4v) is 4.16. The molecular weight excluding hydrogens is 310 g/mol. The van der Waals surface area contributed by atoms with Gasteiger partial charge in [0.15, 0.2) is 0 Å². The zero-order valence-corrected chi connectivity index (χ0v) is 13.8. The lowest BCUT2D eigenvalue weighted by atomic mass is 9.95. The van der Waals surface area contributed by atoms with Crippen molar-refractivity contribution in [1.29, 1.82) is 0 Å². The van der Waals surface area contributed by atoms with Crippen molar-refractivity contribution in [2.75, 3.05) is 5.32 Å². The van der Waals surface area contributed by atoms with E-state index in [9.17, 15) is 9.59 Å². The van der Waals surface area contributed by atoms with E-state index in [4.69, 9.17) is 0 Å². The van der Waals surface area contributed by atoms with Gasteiger partial charge in [-0.25, -0.2) is 0 Å². The molecule has 0 aromatic carbocycles. The first-order valence-electron chi connectivity index (χ1n) is 7.74. The van der Waals surface area contributed by atoms with Crippen LogP contribution in [0.4, 0.5) is 5.00 Å². The number of nitrogens with one attached hydrogen (secondary N) is 2. The molecule has 3 rings (SSSR count). The molecule has 0 bridgehead atoms. The van der Waals surface area contributed by atoms with Crippen molar-refractivity contribution in [3.8, 4) is 0 Å². The van der Waals surface area contributed by atoms with E-state index < -0.39 is 0 Å². The smallest absolute Gasteiger partial charge is 0.254 e. The Kier molecular flexibility index (Phi) is 4.71. The molecule has 2 aromatic rings. The number of aromatic nitrogens is 1. The minimum Gasteiger partial charge on any atom is -0.348 e. The first kappa shape index (κ1) is 15.7. The van der Waals surface area contributed by atoms with Crippen molar-refractivity contribution in [2.45, 2.75) is 39.2 Å². The van der Waals surface area contributed by atoms with Crippen LogP contribution in [0.5, 0.6) is 0 Å². The predicted octanol–water partition coefficient (Wildman–Crippen LogP) is 2.91. The van der Waals surface area contributed by atoms with Crippen molar-refractivity contribution in [3.05, 3.63) is 46.1 Å². The van der Waals surface area contributed by atoms with Gasteiger partial charge in [0.05, 0.1) is 5.56 Å². The molecule has 0 saturated heterocycles. The summed E-state index contributed by atoms with van der Waals surface area (Å²) in [6.07, 6.45) is 7.56. The maximum Gasteiger partial charge on any atom is 0.254 e. The summed E-state index contributed by atoms with van der Waals surface area (Å²) in [5.41, 5.74) is 2.70. The molecule has 1 aliphatic carbocycles. The van der Waals surface area contributed by atoms with Crippen molar-refractivity contribution in [3.63, 3.8) is 0 Å². The van der Waals surface area contributed by atoms with Gasteiger partial charge in [-0.05, 0) is 42.9 Å². The second kappa shape index (κ2) is 6.91. The number of aryl methyl sites for hydroxylation is 1. The van der Waals surface area contributed by atoms with E-state index in [1.54, 1.807) is 12.4 Å². The van der Waals surface area contributed by atoms with E-state index in [1.807, 2.05) is 12.1 Å². The highest BCUT2D eigenvalue weighted by molar-refractivity contribution is 7.17. The number of hydrogen-bond donors (Lipinski definition) is 2. The van der Waals surface area contributed by atoms with E-state index in [-0.39, 0.29) is 11.8 Å². The van der Waals surface area contributed by atoms with Gasteiger partial charge < -0.3 is 10.6 Å². The van der Waals surface area contributed by atoms with E-state index in [2.05, 4.69) is 15.6 Å². The molecule has 0 fully saturated rings. The third-order valence-electron chi connectivity index (χ3n) is 3.86. The van der Waals surface area contributed by atoms with Crippen LogP contribution in [0.3, 0.4) is 0 Å². The molecule has 1 aliphatic rings. The molecule has 2 N–H and O–H groups in total. The maximum absolute atomic E-state index is 12.7. The lowest BCUT2D eigenvalue weighted by Gasteiger charge is -2.13. The predicted molar refractivity (Wildman–Crippen MR) is 90.7 cm³/mol. The summed E-state index contributed by atoms with van der Waals surface area (Å²) in [6, 6.07) is 3.77. The Labute approximate surface area is 139 Å². The number of anilines is 1. The molecule has 0 saturated carbocycles. The Morgan fingerprint density at radius 1 is 1.30 bits per heavy atom. The second-order valence-corrected chi connectivity index (χ2v) is 6.75. The minimum atomic E-state index is -0.148. The number of rotatable bonds is 4. The first-order chi connectivity index (χ1) is 11.1. The lowest BCUT2D eigenvalue weighted by Crippen LogP contribution is -2.25. The molecule has 120 valence electrons. The number of hydrogen-bond acceptors (Lipinski definition) is 4. The van der Waals surface area contributed by atoms with Crippen LogP contribution in [0.2, 0.25) is 0 Å². The van der Waals surface area contributed by atoms with Gasteiger partial charge >= 0.3 is 0 Å². The molecule has 0 unspecified atom stereocenters. The lowest BCUT2D eigenvalue weighted by molar-refractivity contribution is -0.114. The highest BCUT2D eigenvalue weighted by atomic mass is 32.1. The molecule has 6 heteroatoms. The largest absolute Gasteiger partial charge is 0.348 e. The highest BCUT2D eigenvalue weighted by Gasteiger charge is 2.25. The van der Waals surface area contributed by atoms with Crippen LogP contribution in [-0.2, 0) is 24.2 Å². The van der Waals surface area contributed by atoms with E-state index >= 15 is 0 Å². The summed E-state index contributed by atoms with van der Waals surface area (Å²) < 4.78 is 0. The average molecular weight is 329 g/mol. The van der Waals surface area contributed by atoms with Gasteiger partial charge in [-0.3, -0.25) is 14.6 Å². The molecule has 0 spiro atoms. The summed E-state index contributed by atoms with van der Waals surface area (Å²) in [5.74, 6) is -0.276. The zero-order chi connectivity index (χ0) is 16.2. The van der Waals surface area contributed by atoms with Gasteiger partial charge in [-0.15, -0.1) is 11.3 Å². The van der Waals surface area contributed by atoms with Crippen LogP contribution >= 0.6 is 11.3 Å². The van der Waals surface area contributed by atoms with Crippen molar-refractivity contribution in [2.24, 2.45) is 0 Å². The van der Waals surface area contributed by atoms with E-state index in [0.717, 1.165) is 36.8 Å². The Morgan fingerprint density at radius 3 is 2.87 bits per heavy atom. The maximum atomic E-state index is 12.7. The molecule has 0 radical (unpaired) electrons. The molecule has 0 aliphatic heterocycles. The van der Waals surface area contributed by atoms with Crippen LogP contribution < -0.4 is 10.6 Å². The van der Waals surface area contributed by atoms with Gasteiger partial charge in [0, 0.05) is 30.7 Å². The number of carbonyl (C=O) groups excluding carboxylic acids is 2. The minimum absolute atomic E-state index is 0.128. The van der Waals surface area contributed by atoms with Gasteiger partial charge in [-0.1, -0.05) is 6.07 Å². The Morgan fingerprint density at radius 2 is 2.13 bits per heavy atom. The first-order valence-corrected chi connectivity index (χ1v) is 8.56. The van der Waals surface area contributed by atoms with Crippen LogP contribution in [0.15, 0.2) is 24.5 Å². The second-order valence-electron chi connectivity index (χ2n) is 5.64. The molecular formula is C17H19N3O2S. The molecule has 2 aromatic heterocycles. The third kappa shape index (κ3) is 3.59. The summed E-state index contributed by atoms with van der Waals surface area (Å²) in [5, 5.41) is 6.43. The average Bonchev–Trinajstić information content (AvgIpc) is 2.90. The molecule has 23 heavy (non-hydrogen) atoms. The fourth-order valence-electron chi connectivity index (χ4n) is 2.83. The van der Waals surface area contributed by atoms with Crippen LogP contribution in [0.1, 0.15) is 46.1 Å². The van der Waals surface area contributed by atoms with Crippen LogP contribution in [0, 0.1) is 0 Å².